The van der Waals surface area contributed by atoms with Gasteiger partial charge in [-0.25, -0.2) is 9.37 Å². The number of halogens is 2. The predicted octanol–water partition coefficient (Wildman–Crippen LogP) is 3.83. The minimum absolute atomic E-state index is 0.160. The second kappa shape index (κ2) is 5.04. The van der Waals surface area contributed by atoms with Crippen LogP contribution in [0.1, 0.15) is 5.56 Å². The number of anilines is 1. The molecule has 0 aliphatic rings. The third-order valence-electron chi connectivity index (χ3n) is 3.37. The molecule has 2 N–H and O–H groups in total. The van der Waals surface area contributed by atoms with Crippen LogP contribution in [0.15, 0.2) is 34.8 Å². The van der Waals surface area contributed by atoms with E-state index in [-0.39, 0.29) is 5.75 Å². The average Bonchev–Trinajstić information content (AvgIpc) is 2.76. The van der Waals surface area contributed by atoms with Crippen molar-refractivity contribution < 1.29 is 9.13 Å². The molecule has 3 aromatic rings. The van der Waals surface area contributed by atoms with Gasteiger partial charge in [-0.2, -0.15) is 0 Å². The van der Waals surface area contributed by atoms with E-state index in [1.807, 2.05) is 25.1 Å². The molecule has 0 atom stereocenters. The highest BCUT2D eigenvalue weighted by molar-refractivity contribution is 9.10. The Hall–Kier alpha value is -2.08. The topological polar surface area (TPSA) is 53.1 Å². The monoisotopic (exact) mass is 349 g/mol. The first-order valence-electron chi connectivity index (χ1n) is 6.30. The van der Waals surface area contributed by atoms with E-state index in [9.17, 15) is 4.39 Å². The van der Waals surface area contributed by atoms with E-state index in [4.69, 9.17) is 10.5 Å². The number of fused-ring (bicyclic) bond motifs is 1. The van der Waals surface area contributed by atoms with Crippen LogP contribution in [0.2, 0.25) is 0 Å². The van der Waals surface area contributed by atoms with Gasteiger partial charge in [-0.3, -0.25) is 4.57 Å². The first-order valence-corrected chi connectivity index (χ1v) is 7.09. The molecule has 6 heteroatoms. The third-order valence-corrected chi connectivity index (χ3v) is 4.40. The number of aryl methyl sites for hydroxylation is 1. The third kappa shape index (κ3) is 2.15. The van der Waals surface area contributed by atoms with Crippen LogP contribution < -0.4 is 10.5 Å². The fourth-order valence-corrected chi connectivity index (χ4v) is 2.75. The molecular formula is C15H13BrFN3O. The lowest BCUT2D eigenvalue weighted by Crippen LogP contribution is -2.02. The molecule has 3 rings (SSSR count). The molecule has 0 fully saturated rings. The SMILES string of the molecule is COc1cc2c(cc1F)nc(N)n2-c1cccc(C)c1Br. The molecule has 21 heavy (non-hydrogen) atoms. The van der Waals surface area contributed by atoms with Gasteiger partial charge in [0.05, 0.1) is 23.8 Å². The second-order valence-electron chi connectivity index (χ2n) is 4.69. The van der Waals surface area contributed by atoms with E-state index >= 15 is 0 Å². The number of nitrogens with two attached hydrogens (primary N) is 1. The van der Waals surface area contributed by atoms with Gasteiger partial charge in [0, 0.05) is 16.6 Å². The molecule has 1 heterocycles. The maximum atomic E-state index is 13.8. The van der Waals surface area contributed by atoms with E-state index in [2.05, 4.69) is 20.9 Å². The Morgan fingerprint density at radius 1 is 1.33 bits per heavy atom. The summed E-state index contributed by atoms with van der Waals surface area (Å²) in [5, 5.41) is 0. The number of nitrogen functional groups attached to an aromatic ring is 1. The van der Waals surface area contributed by atoms with Crippen LogP contribution in [0.4, 0.5) is 10.3 Å². The van der Waals surface area contributed by atoms with Crippen molar-refractivity contribution in [3.63, 3.8) is 0 Å². The van der Waals surface area contributed by atoms with Crippen LogP contribution in [-0.2, 0) is 0 Å². The van der Waals surface area contributed by atoms with Gasteiger partial charge in [0.25, 0.3) is 0 Å². The van der Waals surface area contributed by atoms with Gasteiger partial charge < -0.3 is 10.5 Å². The van der Waals surface area contributed by atoms with E-state index < -0.39 is 5.82 Å². The molecule has 0 spiro atoms. The Balaban J connectivity index is 2.36. The van der Waals surface area contributed by atoms with Crippen molar-refractivity contribution in [3.8, 4) is 11.4 Å². The predicted molar refractivity (Wildman–Crippen MR) is 84.4 cm³/mol. The smallest absolute Gasteiger partial charge is 0.205 e. The van der Waals surface area contributed by atoms with Gasteiger partial charge in [0.1, 0.15) is 0 Å². The highest BCUT2D eigenvalue weighted by atomic mass is 79.9. The summed E-state index contributed by atoms with van der Waals surface area (Å²) in [5.41, 5.74) is 9.11. The Morgan fingerprint density at radius 3 is 2.81 bits per heavy atom. The molecule has 0 aliphatic heterocycles. The van der Waals surface area contributed by atoms with E-state index in [0.717, 1.165) is 15.7 Å². The van der Waals surface area contributed by atoms with E-state index in [0.29, 0.717) is 17.0 Å². The van der Waals surface area contributed by atoms with Crippen molar-refractivity contribution in [2.75, 3.05) is 12.8 Å². The highest BCUT2D eigenvalue weighted by Crippen LogP contribution is 2.32. The molecule has 0 amide bonds. The quantitative estimate of drug-likeness (QED) is 0.764. The number of rotatable bonds is 2. The number of methoxy groups -OCH3 is 1. The summed E-state index contributed by atoms with van der Waals surface area (Å²) in [6, 6.07) is 8.77. The van der Waals surface area contributed by atoms with Gasteiger partial charge in [-0.05, 0) is 34.5 Å². The zero-order chi connectivity index (χ0) is 15.1. The fraction of sp³-hybridized carbons (Fsp3) is 0.133. The zero-order valence-corrected chi connectivity index (χ0v) is 13.1. The fourth-order valence-electron chi connectivity index (χ4n) is 2.31. The summed E-state index contributed by atoms with van der Waals surface area (Å²) in [7, 11) is 1.43. The molecule has 0 unspecified atom stereocenters. The summed E-state index contributed by atoms with van der Waals surface area (Å²) in [4.78, 5) is 4.22. The van der Waals surface area contributed by atoms with Gasteiger partial charge >= 0.3 is 0 Å². The lowest BCUT2D eigenvalue weighted by atomic mass is 10.2. The summed E-state index contributed by atoms with van der Waals surface area (Å²) in [6.07, 6.45) is 0. The summed E-state index contributed by atoms with van der Waals surface area (Å²) < 4.78 is 21.5. The summed E-state index contributed by atoms with van der Waals surface area (Å²) in [6.45, 7) is 1.99. The number of aromatic nitrogens is 2. The van der Waals surface area contributed by atoms with Gasteiger partial charge in [-0.15, -0.1) is 0 Å². The van der Waals surface area contributed by atoms with Crippen LogP contribution in [0.3, 0.4) is 0 Å². The summed E-state index contributed by atoms with van der Waals surface area (Å²) >= 11 is 3.56. The number of hydrogen-bond acceptors (Lipinski definition) is 3. The normalized spacial score (nSPS) is 11.0. The molecule has 0 saturated heterocycles. The van der Waals surface area contributed by atoms with Crippen LogP contribution >= 0.6 is 15.9 Å². The first kappa shape index (κ1) is 13.9. The van der Waals surface area contributed by atoms with Crippen LogP contribution in [-0.4, -0.2) is 16.7 Å². The number of nitrogens with zero attached hydrogens (tertiary/aromatic N) is 2. The van der Waals surface area contributed by atoms with Crippen molar-refractivity contribution >= 4 is 32.9 Å². The molecule has 0 radical (unpaired) electrons. The van der Waals surface area contributed by atoms with Crippen LogP contribution in [0, 0.1) is 12.7 Å². The molecule has 1 aromatic heterocycles. The molecule has 0 bridgehead atoms. The van der Waals surface area contributed by atoms with Crippen molar-refractivity contribution in [2.24, 2.45) is 0 Å². The molecule has 0 aliphatic carbocycles. The number of hydrogen-bond donors (Lipinski definition) is 1. The van der Waals surface area contributed by atoms with Gasteiger partial charge in [0.15, 0.2) is 11.6 Å². The molecule has 2 aromatic carbocycles. The first-order chi connectivity index (χ1) is 10.0. The number of imidazole rings is 1. The molecule has 4 nitrogen and oxygen atoms in total. The van der Waals surface area contributed by atoms with Crippen molar-refractivity contribution in [1.82, 2.24) is 9.55 Å². The Morgan fingerprint density at radius 2 is 2.10 bits per heavy atom. The van der Waals surface area contributed by atoms with E-state index in [1.54, 1.807) is 10.6 Å². The molecule has 0 saturated carbocycles. The van der Waals surface area contributed by atoms with Crippen molar-refractivity contribution in [1.29, 1.82) is 0 Å². The lowest BCUT2D eigenvalue weighted by molar-refractivity contribution is 0.387. The van der Waals surface area contributed by atoms with Crippen molar-refractivity contribution in [2.45, 2.75) is 6.92 Å². The lowest BCUT2D eigenvalue weighted by Gasteiger charge is -2.11. The van der Waals surface area contributed by atoms with E-state index in [1.165, 1.54) is 13.2 Å². The molecular weight excluding hydrogens is 337 g/mol. The number of ether oxygens (including phenoxy) is 1. The standard InChI is InChI=1S/C15H13BrFN3O/c1-8-4-3-5-11(14(8)16)20-12-7-13(21-2)9(17)6-10(12)19-15(20)18/h3-7H,1-2H3,(H2,18,19). The Kier molecular flexibility index (Phi) is 3.33. The van der Waals surface area contributed by atoms with Gasteiger partial charge in [-0.1, -0.05) is 12.1 Å². The minimum atomic E-state index is -0.460. The van der Waals surface area contributed by atoms with Gasteiger partial charge in [0.2, 0.25) is 5.95 Å². The van der Waals surface area contributed by atoms with Crippen molar-refractivity contribution in [3.05, 3.63) is 46.2 Å². The minimum Gasteiger partial charge on any atom is -0.494 e. The van der Waals surface area contributed by atoms with Crippen LogP contribution in [0.25, 0.3) is 16.7 Å². The largest absolute Gasteiger partial charge is 0.494 e. The zero-order valence-electron chi connectivity index (χ0n) is 11.5. The van der Waals surface area contributed by atoms with Crippen LogP contribution in [0.5, 0.6) is 5.75 Å². The maximum absolute atomic E-state index is 13.8. The molecule has 108 valence electrons. The Bertz CT molecular complexity index is 845. The highest BCUT2D eigenvalue weighted by Gasteiger charge is 2.16. The Labute approximate surface area is 129 Å². The number of benzene rings is 2. The second-order valence-corrected chi connectivity index (χ2v) is 5.48. The average molecular weight is 350 g/mol. The maximum Gasteiger partial charge on any atom is 0.205 e. The summed E-state index contributed by atoms with van der Waals surface area (Å²) in [5.74, 6) is -0.00524.